The third-order valence-corrected chi connectivity index (χ3v) is 5.16. The van der Waals surface area contributed by atoms with Gasteiger partial charge in [0, 0.05) is 10.1 Å². The number of benzene rings is 1. The highest BCUT2D eigenvalue weighted by molar-refractivity contribution is 8.00. The first-order valence-corrected chi connectivity index (χ1v) is 7.68. The van der Waals surface area contributed by atoms with Crippen LogP contribution in [-0.2, 0) is 12.8 Å². The van der Waals surface area contributed by atoms with Gasteiger partial charge in [-0.3, -0.25) is 0 Å². The lowest BCUT2D eigenvalue weighted by molar-refractivity contribution is 0.372. The monoisotopic (exact) mass is 247 g/mol. The van der Waals surface area contributed by atoms with Gasteiger partial charge in [0.05, 0.1) is 0 Å². The molecule has 2 aliphatic rings. The number of hydrogen-bond acceptors (Lipinski definition) is 2. The Bertz CT molecular complexity index is 396. The molecule has 0 radical (unpaired) electrons. The van der Waals surface area contributed by atoms with Crippen LogP contribution in [0.5, 0.6) is 0 Å². The quantitative estimate of drug-likeness (QED) is 0.861. The van der Waals surface area contributed by atoms with Gasteiger partial charge in [-0.25, -0.2) is 0 Å². The lowest BCUT2D eigenvalue weighted by Gasteiger charge is -2.22. The molecule has 1 aromatic rings. The van der Waals surface area contributed by atoms with E-state index in [9.17, 15) is 0 Å². The molecule has 1 unspecified atom stereocenters. The van der Waals surface area contributed by atoms with Crippen LogP contribution in [0.25, 0.3) is 0 Å². The number of nitrogens with one attached hydrogen (secondary N) is 1. The van der Waals surface area contributed by atoms with Crippen LogP contribution in [0.1, 0.15) is 30.9 Å². The predicted molar refractivity (Wildman–Crippen MR) is 74.8 cm³/mol. The van der Waals surface area contributed by atoms with E-state index in [2.05, 4.69) is 30.4 Å². The fourth-order valence-corrected chi connectivity index (χ4v) is 4.16. The Balaban J connectivity index is 1.69. The van der Waals surface area contributed by atoms with Crippen molar-refractivity contribution < 1.29 is 0 Å². The van der Waals surface area contributed by atoms with Crippen LogP contribution in [-0.4, -0.2) is 18.3 Å². The predicted octanol–water partition coefficient (Wildman–Crippen LogP) is 3.27. The first-order chi connectivity index (χ1) is 8.31. The fourth-order valence-electron chi connectivity index (χ4n) is 3.02. The Morgan fingerprint density at radius 3 is 2.94 bits per heavy atom. The average Bonchev–Trinajstić information content (AvgIpc) is 2.70. The number of rotatable bonds is 2. The van der Waals surface area contributed by atoms with Crippen LogP contribution in [0, 0.1) is 5.92 Å². The first kappa shape index (κ1) is 11.6. The second kappa shape index (κ2) is 5.03. The molecular formula is C15H21NS. The Morgan fingerprint density at radius 2 is 2.12 bits per heavy atom. The van der Waals surface area contributed by atoms with E-state index in [0.29, 0.717) is 0 Å². The molecule has 2 aliphatic heterocycles. The highest BCUT2D eigenvalue weighted by Gasteiger charge is 2.19. The van der Waals surface area contributed by atoms with Gasteiger partial charge in [-0.2, -0.15) is 0 Å². The van der Waals surface area contributed by atoms with Gasteiger partial charge in [0.15, 0.2) is 0 Å². The third-order valence-electron chi connectivity index (χ3n) is 3.94. The van der Waals surface area contributed by atoms with Crippen LogP contribution in [0.15, 0.2) is 23.1 Å². The fraction of sp³-hybridized carbons (Fsp3) is 0.600. The van der Waals surface area contributed by atoms with Crippen molar-refractivity contribution in [3.63, 3.8) is 0 Å². The van der Waals surface area contributed by atoms with Gasteiger partial charge >= 0.3 is 0 Å². The second-order valence-electron chi connectivity index (χ2n) is 5.47. The van der Waals surface area contributed by atoms with Crippen LogP contribution in [0.4, 0.5) is 0 Å². The molecule has 1 aromatic carbocycles. The minimum absolute atomic E-state index is 0.777. The standard InChI is InChI=1S/C15H21NS/c1-11-8-14-10-13(2-3-15(14)17-11)9-12-4-6-16-7-5-12/h2-3,10-12,16H,4-9H2,1H3. The number of piperidine rings is 1. The largest absolute Gasteiger partial charge is 0.317 e. The molecule has 1 atom stereocenters. The van der Waals surface area contributed by atoms with E-state index in [1.54, 1.807) is 11.1 Å². The molecule has 92 valence electrons. The van der Waals surface area contributed by atoms with Crippen molar-refractivity contribution in [3.05, 3.63) is 29.3 Å². The minimum atomic E-state index is 0.777. The Morgan fingerprint density at radius 1 is 1.29 bits per heavy atom. The summed E-state index contributed by atoms with van der Waals surface area (Å²) in [6, 6.07) is 7.17. The third kappa shape index (κ3) is 2.69. The van der Waals surface area contributed by atoms with Crippen LogP contribution >= 0.6 is 11.8 Å². The molecule has 17 heavy (non-hydrogen) atoms. The van der Waals surface area contributed by atoms with Crippen molar-refractivity contribution in [2.75, 3.05) is 13.1 Å². The minimum Gasteiger partial charge on any atom is -0.317 e. The molecule has 1 saturated heterocycles. The summed E-state index contributed by atoms with van der Waals surface area (Å²) in [6.45, 7) is 4.75. The Hall–Kier alpha value is -0.470. The van der Waals surface area contributed by atoms with Gasteiger partial charge in [-0.05, 0) is 61.9 Å². The van der Waals surface area contributed by atoms with E-state index >= 15 is 0 Å². The summed E-state index contributed by atoms with van der Waals surface area (Å²) in [5, 5.41) is 4.22. The molecule has 0 amide bonds. The topological polar surface area (TPSA) is 12.0 Å². The first-order valence-electron chi connectivity index (χ1n) is 6.80. The molecule has 2 heteroatoms. The van der Waals surface area contributed by atoms with E-state index in [1.807, 2.05) is 11.8 Å². The number of thioether (sulfide) groups is 1. The molecule has 0 aromatic heterocycles. The summed E-state index contributed by atoms with van der Waals surface area (Å²) in [5.74, 6) is 0.903. The molecule has 1 N–H and O–H groups in total. The molecule has 1 fully saturated rings. The molecule has 3 rings (SSSR count). The van der Waals surface area contributed by atoms with Gasteiger partial charge in [0.25, 0.3) is 0 Å². The van der Waals surface area contributed by atoms with Crippen molar-refractivity contribution >= 4 is 11.8 Å². The van der Waals surface area contributed by atoms with Crippen LogP contribution in [0.3, 0.4) is 0 Å². The Labute approximate surface area is 108 Å². The molecule has 0 spiro atoms. The van der Waals surface area contributed by atoms with Crippen LogP contribution in [0.2, 0.25) is 0 Å². The molecule has 0 aliphatic carbocycles. The smallest absolute Gasteiger partial charge is 0.0107 e. The second-order valence-corrected chi connectivity index (χ2v) is 6.95. The maximum absolute atomic E-state index is 3.44. The molecule has 0 bridgehead atoms. The van der Waals surface area contributed by atoms with Crippen molar-refractivity contribution in [2.24, 2.45) is 5.92 Å². The molecule has 0 saturated carbocycles. The van der Waals surface area contributed by atoms with Gasteiger partial charge in [0.2, 0.25) is 0 Å². The van der Waals surface area contributed by atoms with E-state index in [4.69, 9.17) is 0 Å². The zero-order valence-electron chi connectivity index (χ0n) is 10.5. The summed E-state index contributed by atoms with van der Waals surface area (Å²) in [6.07, 6.45) is 5.25. The van der Waals surface area contributed by atoms with Crippen LogP contribution < -0.4 is 5.32 Å². The molecule has 2 heterocycles. The summed E-state index contributed by atoms with van der Waals surface area (Å²) in [4.78, 5) is 1.52. The maximum Gasteiger partial charge on any atom is 0.0107 e. The highest BCUT2D eigenvalue weighted by atomic mass is 32.2. The van der Waals surface area contributed by atoms with E-state index in [1.165, 1.54) is 43.7 Å². The zero-order chi connectivity index (χ0) is 11.7. The normalized spacial score (nSPS) is 24.9. The zero-order valence-corrected chi connectivity index (χ0v) is 11.4. The lowest BCUT2D eigenvalue weighted by Crippen LogP contribution is -2.28. The number of hydrogen-bond donors (Lipinski definition) is 1. The summed E-state index contributed by atoms with van der Waals surface area (Å²) < 4.78 is 0. The lowest BCUT2D eigenvalue weighted by atomic mass is 9.90. The molecule has 1 nitrogen and oxygen atoms in total. The summed E-state index contributed by atoms with van der Waals surface area (Å²) >= 11 is 2.04. The van der Waals surface area contributed by atoms with Crippen molar-refractivity contribution in [1.29, 1.82) is 0 Å². The van der Waals surface area contributed by atoms with E-state index in [0.717, 1.165) is 11.2 Å². The van der Waals surface area contributed by atoms with Crippen molar-refractivity contribution in [2.45, 2.75) is 42.8 Å². The highest BCUT2D eigenvalue weighted by Crippen LogP contribution is 2.37. The van der Waals surface area contributed by atoms with E-state index in [-0.39, 0.29) is 0 Å². The van der Waals surface area contributed by atoms with Gasteiger partial charge < -0.3 is 5.32 Å². The summed E-state index contributed by atoms with van der Waals surface area (Å²) in [7, 11) is 0. The maximum atomic E-state index is 3.44. The SMILES string of the molecule is CC1Cc2cc(CC3CCNCC3)ccc2S1. The van der Waals surface area contributed by atoms with Gasteiger partial charge in [-0.1, -0.05) is 19.1 Å². The van der Waals surface area contributed by atoms with Crippen molar-refractivity contribution in [3.8, 4) is 0 Å². The van der Waals surface area contributed by atoms with Gasteiger partial charge in [-0.15, -0.1) is 11.8 Å². The van der Waals surface area contributed by atoms with Gasteiger partial charge in [0.1, 0.15) is 0 Å². The Kier molecular flexibility index (Phi) is 3.44. The van der Waals surface area contributed by atoms with E-state index < -0.39 is 0 Å². The van der Waals surface area contributed by atoms with Crippen molar-refractivity contribution in [1.82, 2.24) is 5.32 Å². The average molecular weight is 247 g/mol. The number of fused-ring (bicyclic) bond motifs is 1. The molecular weight excluding hydrogens is 226 g/mol. The summed E-state index contributed by atoms with van der Waals surface area (Å²) in [5.41, 5.74) is 3.15.